The molecular formula is C15H15NO3S. The summed E-state index contributed by atoms with van der Waals surface area (Å²) in [5, 5.41) is 10.1. The maximum absolute atomic E-state index is 11.4. The first-order valence-corrected chi connectivity index (χ1v) is 7.41. The van der Waals surface area contributed by atoms with E-state index >= 15 is 0 Å². The van der Waals surface area contributed by atoms with Crippen LogP contribution < -0.4 is 0 Å². The topological polar surface area (TPSA) is 59.4 Å². The van der Waals surface area contributed by atoms with Gasteiger partial charge in [-0.05, 0) is 25.3 Å². The maximum Gasteiger partial charge on any atom is 0.356 e. The zero-order valence-electron chi connectivity index (χ0n) is 11.1. The average Bonchev–Trinajstić information content (AvgIpc) is 3.05. The first-order chi connectivity index (χ1) is 9.65. The third kappa shape index (κ3) is 2.46. The van der Waals surface area contributed by atoms with Crippen LogP contribution in [-0.2, 0) is 4.74 Å². The van der Waals surface area contributed by atoms with E-state index in [0.29, 0.717) is 4.88 Å². The van der Waals surface area contributed by atoms with Crippen molar-refractivity contribution in [2.75, 3.05) is 0 Å². The van der Waals surface area contributed by atoms with Crippen LogP contribution >= 0.6 is 11.3 Å². The van der Waals surface area contributed by atoms with Crippen LogP contribution in [0.2, 0.25) is 0 Å². The van der Waals surface area contributed by atoms with Gasteiger partial charge in [-0.25, -0.2) is 9.78 Å². The number of benzene rings is 1. The van der Waals surface area contributed by atoms with Gasteiger partial charge in [0.15, 0.2) is 5.69 Å². The standard InChI is InChI=1S/C15H15NO3S/c1-9-7-8-11(19-9)14-16-12(15(17)18)13(20-14)10-5-3-2-4-6-10/h2-6,9,11H,7-8H2,1H3,(H,17,18). The predicted molar refractivity (Wildman–Crippen MR) is 77.0 cm³/mol. The summed E-state index contributed by atoms with van der Waals surface area (Å²) in [7, 11) is 0. The number of aromatic carboxylic acids is 1. The normalized spacial score (nSPS) is 22.1. The van der Waals surface area contributed by atoms with Crippen LogP contribution in [0, 0.1) is 0 Å². The third-order valence-corrected chi connectivity index (χ3v) is 4.59. The molecule has 2 aromatic rings. The molecule has 3 rings (SSSR count). The molecule has 2 heterocycles. The summed E-state index contributed by atoms with van der Waals surface area (Å²) < 4.78 is 5.79. The molecule has 2 unspecified atom stereocenters. The van der Waals surface area contributed by atoms with Crippen LogP contribution in [0.4, 0.5) is 0 Å². The highest BCUT2D eigenvalue weighted by molar-refractivity contribution is 7.15. The first kappa shape index (κ1) is 13.3. The molecule has 1 aliphatic rings. The van der Waals surface area contributed by atoms with Gasteiger partial charge in [0.2, 0.25) is 0 Å². The van der Waals surface area contributed by atoms with E-state index in [1.165, 1.54) is 11.3 Å². The highest BCUT2D eigenvalue weighted by atomic mass is 32.1. The zero-order valence-corrected chi connectivity index (χ0v) is 11.9. The summed E-state index contributed by atoms with van der Waals surface area (Å²) >= 11 is 1.42. The second-order valence-electron chi connectivity index (χ2n) is 4.91. The van der Waals surface area contributed by atoms with Crippen molar-refractivity contribution in [1.82, 2.24) is 4.98 Å². The molecule has 5 heteroatoms. The van der Waals surface area contributed by atoms with Crippen molar-refractivity contribution in [3.8, 4) is 10.4 Å². The molecule has 0 bridgehead atoms. The van der Waals surface area contributed by atoms with Gasteiger partial charge in [-0.3, -0.25) is 0 Å². The molecule has 0 radical (unpaired) electrons. The lowest BCUT2D eigenvalue weighted by Gasteiger charge is -2.06. The van der Waals surface area contributed by atoms with Crippen molar-refractivity contribution >= 4 is 17.3 Å². The van der Waals surface area contributed by atoms with Crippen molar-refractivity contribution in [1.29, 1.82) is 0 Å². The molecule has 2 atom stereocenters. The van der Waals surface area contributed by atoms with Crippen LogP contribution in [0.1, 0.15) is 41.4 Å². The number of carboxylic acids is 1. The minimum atomic E-state index is -0.989. The van der Waals surface area contributed by atoms with E-state index in [1.54, 1.807) is 0 Å². The number of ether oxygens (including phenoxy) is 1. The van der Waals surface area contributed by atoms with E-state index in [1.807, 2.05) is 37.3 Å². The number of hydrogen-bond donors (Lipinski definition) is 1. The highest BCUT2D eigenvalue weighted by Gasteiger charge is 2.29. The Morgan fingerprint density at radius 1 is 1.35 bits per heavy atom. The largest absolute Gasteiger partial charge is 0.476 e. The molecule has 104 valence electrons. The number of rotatable bonds is 3. The molecule has 4 nitrogen and oxygen atoms in total. The molecule has 1 fully saturated rings. The Morgan fingerprint density at radius 3 is 2.70 bits per heavy atom. The van der Waals surface area contributed by atoms with Crippen molar-refractivity contribution in [2.24, 2.45) is 0 Å². The van der Waals surface area contributed by atoms with Crippen molar-refractivity contribution in [3.63, 3.8) is 0 Å². The van der Waals surface area contributed by atoms with Crippen LogP contribution in [0.5, 0.6) is 0 Å². The van der Waals surface area contributed by atoms with Crippen LogP contribution in [0.15, 0.2) is 30.3 Å². The summed E-state index contributed by atoms with van der Waals surface area (Å²) in [5.41, 5.74) is 1.01. The Morgan fingerprint density at radius 2 is 2.10 bits per heavy atom. The van der Waals surface area contributed by atoms with Gasteiger partial charge in [0.25, 0.3) is 0 Å². The molecule has 1 aromatic heterocycles. The summed E-state index contributed by atoms with van der Waals surface area (Å²) in [5.74, 6) is -0.989. The summed E-state index contributed by atoms with van der Waals surface area (Å²) in [6, 6.07) is 9.51. The van der Waals surface area contributed by atoms with Gasteiger partial charge in [0, 0.05) is 0 Å². The lowest BCUT2D eigenvalue weighted by Crippen LogP contribution is -2.02. The summed E-state index contributed by atoms with van der Waals surface area (Å²) in [6.45, 7) is 2.03. The Labute approximate surface area is 121 Å². The number of nitrogens with zero attached hydrogens (tertiary/aromatic N) is 1. The van der Waals surface area contributed by atoms with Gasteiger partial charge in [-0.1, -0.05) is 30.3 Å². The number of carboxylic acid groups (broad SMARTS) is 1. The van der Waals surface area contributed by atoms with Crippen LogP contribution in [0.3, 0.4) is 0 Å². The van der Waals surface area contributed by atoms with E-state index < -0.39 is 5.97 Å². The van der Waals surface area contributed by atoms with Crippen molar-refractivity contribution < 1.29 is 14.6 Å². The Kier molecular flexibility index (Phi) is 3.54. The molecule has 1 aliphatic heterocycles. The lowest BCUT2D eigenvalue weighted by molar-refractivity contribution is 0.0550. The van der Waals surface area contributed by atoms with E-state index in [0.717, 1.165) is 23.4 Å². The van der Waals surface area contributed by atoms with Gasteiger partial charge >= 0.3 is 5.97 Å². The van der Waals surface area contributed by atoms with Crippen LogP contribution in [-0.4, -0.2) is 22.2 Å². The SMILES string of the molecule is CC1CCC(c2nc(C(=O)O)c(-c3ccccc3)s2)O1. The number of carbonyl (C=O) groups is 1. The van der Waals surface area contributed by atoms with E-state index in [-0.39, 0.29) is 17.9 Å². The van der Waals surface area contributed by atoms with E-state index in [9.17, 15) is 9.90 Å². The van der Waals surface area contributed by atoms with Crippen LogP contribution in [0.25, 0.3) is 10.4 Å². The number of aromatic nitrogens is 1. The number of thiazole rings is 1. The summed E-state index contributed by atoms with van der Waals surface area (Å²) in [4.78, 5) is 16.4. The van der Waals surface area contributed by atoms with Gasteiger partial charge in [-0.15, -0.1) is 11.3 Å². The monoisotopic (exact) mass is 289 g/mol. The highest BCUT2D eigenvalue weighted by Crippen LogP contribution is 2.39. The van der Waals surface area contributed by atoms with Gasteiger partial charge in [0.05, 0.1) is 11.0 Å². The Balaban J connectivity index is 2.01. The van der Waals surface area contributed by atoms with Gasteiger partial charge < -0.3 is 9.84 Å². The fourth-order valence-corrected chi connectivity index (χ4v) is 3.52. The van der Waals surface area contributed by atoms with E-state index in [4.69, 9.17) is 4.74 Å². The van der Waals surface area contributed by atoms with Crippen molar-refractivity contribution in [2.45, 2.75) is 32.0 Å². The number of hydrogen-bond acceptors (Lipinski definition) is 4. The minimum absolute atomic E-state index is 0.0643. The predicted octanol–water partition coefficient (Wildman–Crippen LogP) is 3.75. The molecule has 0 saturated carbocycles. The fourth-order valence-electron chi connectivity index (χ4n) is 2.39. The first-order valence-electron chi connectivity index (χ1n) is 6.60. The third-order valence-electron chi connectivity index (χ3n) is 3.39. The summed E-state index contributed by atoms with van der Waals surface area (Å²) in [6.07, 6.45) is 2.05. The molecule has 1 N–H and O–H groups in total. The van der Waals surface area contributed by atoms with Gasteiger partial charge in [-0.2, -0.15) is 0 Å². The fraction of sp³-hybridized carbons (Fsp3) is 0.333. The molecule has 20 heavy (non-hydrogen) atoms. The zero-order chi connectivity index (χ0) is 14.1. The smallest absolute Gasteiger partial charge is 0.356 e. The molecule has 0 amide bonds. The van der Waals surface area contributed by atoms with E-state index in [2.05, 4.69) is 4.98 Å². The molecule has 1 aromatic carbocycles. The second kappa shape index (κ2) is 5.34. The van der Waals surface area contributed by atoms with Crippen molar-refractivity contribution in [3.05, 3.63) is 41.0 Å². The quantitative estimate of drug-likeness (QED) is 0.935. The Hall–Kier alpha value is -1.72. The second-order valence-corrected chi connectivity index (χ2v) is 5.94. The Bertz CT molecular complexity index is 623. The lowest BCUT2D eigenvalue weighted by atomic mass is 10.1. The maximum atomic E-state index is 11.4. The molecule has 0 spiro atoms. The average molecular weight is 289 g/mol. The molecule has 1 saturated heterocycles. The molecule has 0 aliphatic carbocycles. The molecular weight excluding hydrogens is 274 g/mol. The minimum Gasteiger partial charge on any atom is -0.476 e. The van der Waals surface area contributed by atoms with Gasteiger partial charge in [0.1, 0.15) is 11.1 Å².